The maximum Gasteiger partial charge on any atom is 0.224 e. The van der Waals surface area contributed by atoms with Gasteiger partial charge in [-0.15, -0.1) is 0 Å². The number of amides is 1. The van der Waals surface area contributed by atoms with E-state index in [4.69, 9.17) is 0 Å². The van der Waals surface area contributed by atoms with Gasteiger partial charge in [0.2, 0.25) is 5.91 Å². The molecule has 3 rings (SSSR count). The Kier molecular flexibility index (Phi) is 3.87. The fraction of sp³-hybridized carbons (Fsp3) is 0.176. The number of imidazole rings is 1. The maximum atomic E-state index is 13.1. The average Bonchev–Trinajstić information content (AvgIpc) is 2.84. The van der Waals surface area contributed by atoms with Crippen molar-refractivity contribution in [3.8, 4) is 0 Å². The van der Waals surface area contributed by atoms with Gasteiger partial charge in [-0.2, -0.15) is 0 Å². The smallest absolute Gasteiger partial charge is 0.224 e. The molecule has 0 saturated carbocycles. The van der Waals surface area contributed by atoms with E-state index >= 15 is 0 Å². The van der Waals surface area contributed by atoms with E-state index in [1.54, 1.807) is 6.07 Å². The van der Waals surface area contributed by atoms with Gasteiger partial charge in [-0.1, -0.05) is 12.1 Å². The number of H-pyrrole nitrogens is 1. The summed E-state index contributed by atoms with van der Waals surface area (Å²) >= 11 is 0. The van der Waals surface area contributed by atoms with Gasteiger partial charge >= 0.3 is 0 Å². The normalized spacial score (nSPS) is 10.8. The second-order valence-corrected chi connectivity index (χ2v) is 5.23. The molecule has 0 atom stereocenters. The van der Waals surface area contributed by atoms with Crippen LogP contribution in [0.2, 0.25) is 0 Å². The second kappa shape index (κ2) is 5.97. The van der Waals surface area contributed by atoms with Crippen molar-refractivity contribution in [1.29, 1.82) is 0 Å². The van der Waals surface area contributed by atoms with Gasteiger partial charge in [0.15, 0.2) is 0 Å². The predicted octanol–water partition coefficient (Wildman–Crippen LogP) is 3.58. The first kappa shape index (κ1) is 14.3. The number of carbonyl (C=O) groups is 1. The number of hydrogen-bond donors (Lipinski definition) is 2. The van der Waals surface area contributed by atoms with Crippen molar-refractivity contribution in [1.82, 2.24) is 9.97 Å². The van der Waals surface area contributed by atoms with Crippen LogP contribution in [0.15, 0.2) is 42.5 Å². The summed E-state index contributed by atoms with van der Waals surface area (Å²) in [5.41, 5.74) is 3.30. The zero-order valence-electron chi connectivity index (χ0n) is 12.2. The van der Waals surface area contributed by atoms with Crippen LogP contribution < -0.4 is 5.32 Å². The van der Waals surface area contributed by atoms with E-state index in [0.29, 0.717) is 12.8 Å². The Bertz CT molecular complexity index is 826. The van der Waals surface area contributed by atoms with Gasteiger partial charge < -0.3 is 10.3 Å². The molecule has 22 heavy (non-hydrogen) atoms. The number of rotatable bonds is 4. The molecule has 0 bridgehead atoms. The highest BCUT2D eigenvalue weighted by Gasteiger charge is 2.06. The minimum atomic E-state index is -0.280. The zero-order valence-corrected chi connectivity index (χ0v) is 12.2. The number of aryl methyl sites for hydroxylation is 2. The van der Waals surface area contributed by atoms with Crippen LogP contribution in [0.3, 0.4) is 0 Å². The van der Waals surface area contributed by atoms with E-state index in [-0.39, 0.29) is 11.7 Å². The largest absolute Gasteiger partial charge is 0.342 e. The lowest BCUT2D eigenvalue weighted by atomic mass is 10.1. The number of nitrogens with one attached hydrogen (secondary N) is 2. The Balaban J connectivity index is 1.62. The lowest BCUT2D eigenvalue weighted by Crippen LogP contribution is -2.12. The molecule has 3 aromatic rings. The highest BCUT2D eigenvalue weighted by atomic mass is 19.1. The molecule has 2 N–H and O–H groups in total. The fourth-order valence-corrected chi connectivity index (χ4v) is 2.39. The lowest BCUT2D eigenvalue weighted by Gasteiger charge is -2.05. The van der Waals surface area contributed by atoms with Crippen molar-refractivity contribution in [2.75, 3.05) is 5.32 Å². The van der Waals surface area contributed by atoms with Crippen LogP contribution in [-0.4, -0.2) is 15.9 Å². The Morgan fingerprint density at radius 3 is 2.95 bits per heavy atom. The van der Waals surface area contributed by atoms with Crippen molar-refractivity contribution in [3.05, 3.63) is 59.7 Å². The van der Waals surface area contributed by atoms with E-state index in [9.17, 15) is 9.18 Å². The standard InChI is InChI=1S/C17H16FN3O/c1-11-19-15-7-6-14(10-16(15)20-11)21-17(22)8-5-12-3-2-4-13(18)9-12/h2-4,6-7,9-10H,5,8H2,1H3,(H,19,20)(H,21,22). The van der Waals surface area contributed by atoms with E-state index < -0.39 is 0 Å². The van der Waals surface area contributed by atoms with Gasteiger partial charge in [0.25, 0.3) is 0 Å². The van der Waals surface area contributed by atoms with Crippen molar-refractivity contribution in [3.63, 3.8) is 0 Å². The van der Waals surface area contributed by atoms with Crippen molar-refractivity contribution in [2.24, 2.45) is 0 Å². The second-order valence-electron chi connectivity index (χ2n) is 5.23. The number of anilines is 1. The monoisotopic (exact) mass is 297 g/mol. The number of halogens is 1. The molecule has 0 radical (unpaired) electrons. The van der Waals surface area contributed by atoms with Crippen LogP contribution >= 0.6 is 0 Å². The minimum Gasteiger partial charge on any atom is -0.342 e. The summed E-state index contributed by atoms with van der Waals surface area (Å²) in [6.07, 6.45) is 0.818. The van der Waals surface area contributed by atoms with Crippen molar-refractivity contribution < 1.29 is 9.18 Å². The molecular formula is C17H16FN3O. The summed E-state index contributed by atoms with van der Waals surface area (Å²) in [6, 6.07) is 11.9. The molecule has 112 valence electrons. The van der Waals surface area contributed by atoms with E-state index in [2.05, 4.69) is 15.3 Å². The third-order valence-corrected chi connectivity index (χ3v) is 3.41. The van der Waals surface area contributed by atoms with Crippen LogP contribution in [-0.2, 0) is 11.2 Å². The summed E-state index contributed by atoms with van der Waals surface area (Å²) in [5, 5.41) is 2.85. The van der Waals surface area contributed by atoms with Crippen LogP contribution in [0, 0.1) is 12.7 Å². The van der Waals surface area contributed by atoms with Crippen molar-refractivity contribution in [2.45, 2.75) is 19.8 Å². The van der Waals surface area contributed by atoms with Gasteiger partial charge in [0, 0.05) is 12.1 Å². The van der Waals surface area contributed by atoms with E-state index in [1.807, 2.05) is 31.2 Å². The Hall–Kier alpha value is -2.69. The Morgan fingerprint density at radius 1 is 1.27 bits per heavy atom. The summed E-state index contributed by atoms with van der Waals surface area (Å²) in [4.78, 5) is 19.4. The molecular weight excluding hydrogens is 281 g/mol. The summed E-state index contributed by atoms with van der Waals surface area (Å²) in [7, 11) is 0. The summed E-state index contributed by atoms with van der Waals surface area (Å²) < 4.78 is 13.1. The van der Waals surface area contributed by atoms with Gasteiger partial charge in [-0.3, -0.25) is 4.79 Å². The number of nitrogens with zero attached hydrogens (tertiary/aromatic N) is 1. The summed E-state index contributed by atoms with van der Waals surface area (Å²) in [5.74, 6) is 0.461. The molecule has 0 unspecified atom stereocenters. The third-order valence-electron chi connectivity index (χ3n) is 3.41. The zero-order chi connectivity index (χ0) is 15.5. The number of aromatic nitrogens is 2. The van der Waals surface area contributed by atoms with Crippen LogP contribution in [0.5, 0.6) is 0 Å². The first-order valence-corrected chi connectivity index (χ1v) is 7.11. The number of aromatic amines is 1. The first-order chi connectivity index (χ1) is 10.6. The van der Waals surface area contributed by atoms with Crippen LogP contribution in [0.4, 0.5) is 10.1 Å². The summed E-state index contributed by atoms with van der Waals surface area (Å²) in [6.45, 7) is 1.89. The number of hydrogen-bond acceptors (Lipinski definition) is 2. The van der Waals surface area contributed by atoms with Gasteiger partial charge in [0.1, 0.15) is 11.6 Å². The molecule has 4 nitrogen and oxygen atoms in total. The number of benzene rings is 2. The fourth-order valence-electron chi connectivity index (χ4n) is 2.39. The Morgan fingerprint density at radius 2 is 2.14 bits per heavy atom. The lowest BCUT2D eigenvalue weighted by molar-refractivity contribution is -0.116. The molecule has 0 saturated heterocycles. The molecule has 0 aliphatic carbocycles. The molecule has 5 heteroatoms. The minimum absolute atomic E-state index is 0.0974. The van der Waals surface area contributed by atoms with Gasteiger partial charge in [-0.05, 0) is 49.2 Å². The SMILES string of the molecule is Cc1nc2ccc(NC(=O)CCc3cccc(F)c3)cc2[nH]1. The molecule has 0 aliphatic heterocycles. The van der Waals surface area contributed by atoms with Crippen LogP contribution in [0.1, 0.15) is 17.8 Å². The molecule has 0 aliphatic rings. The number of carbonyl (C=O) groups excluding carboxylic acids is 1. The first-order valence-electron chi connectivity index (χ1n) is 7.11. The molecule has 0 fully saturated rings. The predicted molar refractivity (Wildman–Crippen MR) is 84.2 cm³/mol. The maximum absolute atomic E-state index is 13.1. The number of fused-ring (bicyclic) bond motifs is 1. The van der Waals surface area contributed by atoms with Gasteiger partial charge in [0.05, 0.1) is 11.0 Å². The quantitative estimate of drug-likeness (QED) is 0.773. The molecule has 0 spiro atoms. The highest BCUT2D eigenvalue weighted by Crippen LogP contribution is 2.17. The molecule has 2 aromatic carbocycles. The van der Waals surface area contributed by atoms with Crippen molar-refractivity contribution >= 4 is 22.6 Å². The van der Waals surface area contributed by atoms with E-state index in [1.165, 1.54) is 12.1 Å². The topological polar surface area (TPSA) is 57.8 Å². The average molecular weight is 297 g/mol. The molecule has 1 heterocycles. The van der Waals surface area contributed by atoms with Crippen LogP contribution in [0.25, 0.3) is 11.0 Å². The van der Waals surface area contributed by atoms with E-state index in [0.717, 1.165) is 28.1 Å². The Labute approximate surface area is 127 Å². The molecule has 1 amide bonds. The third kappa shape index (κ3) is 3.31. The molecule has 1 aromatic heterocycles. The van der Waals surface area contributed by atoms with Gasteiger partial charge in [-0.25, -0.2) is 9.37 Å². The highest BCUT2D eigenvalue weighted by molar-refractivity contribution is 5.93.